The van der Waals surface area contributed by atoms with Gasteiger partial charge in [-0.1, -0.05) is 6.92 Å². The normalized spacial score (nSPS) is 14.5. The van der Waals surface area contributed by atoms with Crippen molar-refractivity contribution in [2.45, 2.75) is 19.8 Å². The highest BCUT2D eigenvalue weighted by molar-refractivity contribution is 9.11. The highest BCUT2D eigenvalue weighted by Crippen LogP contribution is 2.28. The van der Waals surface area contributed by atoms with Crippen LogP contribution < -0.4 is 11.1 Å². The van der Waals surface area contributed by atoms with Crippen LogP contribution in [0.15, 0.2) is 15.9 Å². The summed E-state index contributed by atoms with van der Waals surface area (Å²) < 4.78 is 1.05. The lowest BCUT2D eigenvalue weighted by Gasteiger charge is -2.13. The lowest BCUT2D eigenvalue weighted by Crippen LogP contribution is -2.33. The molecule has 1 aromatic heterocycles. The summed E-state index contributed by atoms with van der Waals surface area (Å²) in [6.07, 6.45) is 0. The van der Waals surface area contributed by atoms with Crippen LogP contribution in [0, 0.1) is 5.92 Å². The fourth-order valence-corrected chi connectivity index (χ4v) is 2.68. The summed E-state index contributed by atoms with van der Waals surface area (Å²) in [5, 5.41) is 2.91. The van der Waals surface area contributed by atoms with Gasteiger partial charge in [0.25, 0.3) is 0 Å². The number of nitrogens with two attached hydrogens (primary N) is 1. The first-order valence-corrected chi connectivity index (χ1v) is 6.88. The van der Waals surface area contributed by atoms with Crippen LogP contribution in [-0.4, -0.2) is 19.0 Å². The zero-order valence-corrected chi connectivity index (χ0v) is 11.9. The van der Waals surface area contributed by atoms with Gasteiger partial charge in [-0.05, 0) is 47.4 Å². The first kappa shape index (κ1) is 13.7. The minimum Gasteiger partial charge on any atom is -0.355 e. The van der Waals surface area contributed by atoms with Gasteiger partial charge < -0.3 is 11.1 Å². The molecule has 0 aliphatic heterocycles. The van der Waals surface area contributed by atoms with Crippen molar-refractivity contribution >= 4 is 33.2 Å². The first-order chi connectivity index (χ1) is 7.54. The second-order valence-corrected chi connectivity index (χ2v) is 6.44. The van der Waals surface area contributed by atoms with Crippen LogP contribution in [0.2, 0.25) is 0 Å². The van der Waals surface area contributed by atoms with E-state index in [9.17, 15) is 4.79 Å². The third-order valence-electron chi connectivity index (χ3n) is 2.44. The molecule has 3 nitrogen and oxygen atoms in total. The van der Waals surface area contributed by atoms with Crippen molar-refractivity contribution < 1.29 is 4.79 Å². The average molecular weight is 305 g/mol. The molecule has 1 amide bonds. The number of thiophene rings is 1. The van der Waals surface area contributed by atoms with E-state index in [1.54, 1.807) is 11.3 Å². The van der Waals surface area contributed by atoms with Crippen molar-refractivity contribution in [3.05, 3.63) is 20.8 Å². The number of carbonyl (C=O) groups is 1. The predicted octanol–water partition coefficient (Wildman–Crippen LogP) is 2.33. The van der Waals surface area contributed by atoms with Crippen LogP contribution in [0.3, 0.4) is 0 Å². The van der Waals surface area contributed by atoms with Crippen LogP contribution in [0.4, 0.5) is 0 Å². The molecule has 2 unspecified atom stereocenters. The third kappa shape index (κ3) is 3.88. The number of hydrogen-bond acceptors (Lipinski definition) is 3. The molecular formula is C11H17BrN2OS. The van der Waals surface area contributed by atoms with Crippen molar-refractivity contribution in [2.24, 2.45) is 11.7 Å². The van der Waals surface area contributed by atoms with Gasteiger partial charge in [0.1, 0.15) is 0 Å². The monoisotopic (exact) mass is 304 g/mol. The molecule has 0 aliphatic rings. The topological polar surface area (TPSA) is 55.1 Å². The number of hydrogen-bond donors (Lipinski definition) is 2. The van der Waals surface area contributed by atoms with E-state index in [0.717, 1.165) is 8.66 Å². The maximum absolute atomic E-state index is 11.8. The maximum atomic E-state index is 11.8. The average Bonchev–Trinajstić information content (AvgIpc) is 2.71. The molecule has 0 aliphatic carbocycles. The second-order valence-electron chi connectivity index (χ2n) is 3.95. The van der Waals surface area contributed by atoms with Crippen LogP contribution >= 0.6 is 27.3 Å². The molecule has 90 valence electrons. The number of nitrogens with one attached hydrogen (secondary N) is 1. The number of rotatable bonds is 5. The van der Waals surface area contributed by atoms with Gasteiger partial charge in [-0.15, -0.1) is 11.3 Å². The second kappa shape index (κ2) is 6.37. The Bertz CT molecular complexity index is 354. The number of amides is 1. The molecule has 1 heterocycles. The van der Waals surface area contributed by atoms with Crippen LogP contribution in [0.25, 0.3) is 0 Å². The summed E-state index contributed by atoms with van der Waals surface area (Å²) in [6, 6.07) is 3.94. The van der Waals surface area contributed by atoms with Crippen LogP contribution in [0.1, 0.15) is 24.6 Å². The molecule has 2 atom stereocenters. The lowest BCUT2D eigenvalue weighted by molar-refractivity contribution is -0.122. The number of halogens is 1. The van der Waals surface area contributed by atoms with E-state index in [1.807, 2.05) is 26.0 Å². The third-order valence-corrected chi connectivity index (χ3v) is 4.25. The molecule has 0 bridgehead atoms. The summed E-state index contributed by atoms with van der Waals surface area (Å²) >= 11 is 4.99. The Morgan fingerprint density at radius 2 is 2.25 bits per heavy atom. The van der Waals surface area contributed by atoms with Crippen molar-refractivity contribution in [2.75, 3.05) is 13.1 Å². The molecular weight excluding hydrogens is 288 g/mol. The summed E-state index contributed by atoms with van der Waals surface area (Å²) in [5.74, 6) is 0.294. The van der Waals surface area contributed by atoms with E-state index in [2.05, 4.69) is 21.2 Å². The summed E-state index contributed by atoms with van der Waals surface area (Å²) in [4.78, 5) is 12.9. The Kier molecular flexibility index (Phi) is 5.44. The van der Waals surface area contributed by atoms with Gasteiger partial charge in [0.05, 0.1) is 9.70 Å². The molecule has 0 radical (unpaired) electrons. The van der Waals surface area contributed by atoms with Gasteiger partial charge in [-0.25, -0.2) is 0 Å². The van der Waals surface area contributed by atoms with Gasteiger partial charge in [0.15, 0.2) is 0 Å². The predicted molar refractivity (Wildman–Crippen MR) is 71.7 cm³/mol. The molecule has 0 aromatic carbocycles. The van der Waals surface area contributed by atoms with Gasteiger partial charge in [0.2, 0.25) is 5.91 Å². The van der Waals surface area contributed by atoms with E-state index in [0.29, 0.717) is 19.0 Å². The SMILES string of the molecule is CC(CN)CNC(=O)C(C)c1ccc(Br)s1. The molecule has 1 aromatic rings. The Balaban J connectivity index is 2.48. The summed E-state index contributed by atoms with van der Waals surface area (Å²) in [6.45, 7) is 5.18. The minimum atomic E-state index is -0.0960. The molecule has 0 saturated heterocycles. The Labute approximate surface area is 109 Å². The highest BCUT2D eigenvalue weighted by Gasteiger charge is 2.17. The fraction of sp³-hybridized carbons (Fsp3) is 0.545. The Morgan fingerprint density at radius 1 is 1.56 bits per heavy atom. The van der Waals surface area contributed by atoms with E-state index >= 15 is 0 Å². The van der Waals surface area contributed by atoms with Crippen molar-refractivity contribution in [3.63, 3.8) is 0 Å². The van der Waals surface area contributed by atoms with E-state index in [-0.39, 0.29) is 11.8 Å². The first-order valence-electron chi connectivity index (χ1n) is 5.27. The minimum absolute atomic E-state index is 0.0645. The van der Waals surface area contributed by atoms with Gasteiger partial charge in [0, 0.05) is 11.4 Å². The fourth-order valence-electron chi connectivity index (χ4n) is 1.20. The highest BCUT2D eigenvalue weighted by atomic mass is 79.9. The van der Waals surface area contributed by atoms with Gasteiger partial charge >= 0.3 is 0 Å². The standard InChI is InChI=1S/C11H17BrN2OS/c1-7(5-13)6-14-11(15)8(2)9-3-4-10(12)16-9/h3-4,7-8H,5-6,13H2,1-2H3,(H,14,15). The van der Waals surface area contributed by atoms with Crippen molar-refractivity contribution in [3.8, 4) is 0 Å². The largest absolute Gasteiger partial charge is 0.355 e. The summed E-state index contributed by atoms with van der Waals surface area (Å²) in [5.41, 5.74) is 5.49. The molecule has 5 heteroatoms. The Hall–Kier alpha value is -0.390. The van der Waals surface area contributed by atoms with E-state index in [4.69, 9.17) is 5.73 Å². The maximum Gasteiger partial charge on any atom is 0.228 e. The van der Waals surface area contributed by atoms with Crippen molar-refractivity contribution in [1.29, 1.82) is 0 Å². The Morgan fingerprint density at radius 3 is 2.75 bits per heavy atom. The zero-order valence-electron chi connectivity index (χ0n) is 9.50. The lowest BCUT2D eigenvalue weighted by atomic mass is 10.1. The molecule has 0 spiro atoms. The van der Waals surface area contributed by atoms with Crippen LogP contribution in [0.5, 0.6) is 0 Å². The van der Waals surface area contributed by atoms with Gasteiger partial charge in [-0.2, -0.15) is 0 Å². The number of carbonyl (C=O) groups excluding carboxylic acids is 1. The zero-order chi connectivity index (χ0) is 12.1. The quantitative estimate of drug-likeness (QED) is 0.877. The van der Waals surface area contributed by atoms with Gasteiger partial charge in [-0.3, -0.25) is 4.79 Å². The smallest absolute Gasteiger partial charge is 0.228 e. The van der Waals surface area contributed by atoms with E-state index in [1.165, 1.54) is 0 Å². The molecule has 0 fully saturated rings. The summed E-state index contributed by atoms with van der Waals surface area (Å²) in [7, 11) is 0. The van der Waals surface area contributed by atoms with E-state index < -0.39 is 0 Å². The molecule has 16 heavy (non-hydrogen) atoms. The molecule has 1 rings (SSSR count). The van der Waals surface area contributed by atoms with Crippen molar-refractivity contribution in [1.82, 2.24) is 5.32 Å². The molecule has 3 N–H and O–H groups in total. The molecule has 0 saturated carbocycles. The van der Waals surface area contributed by atoms with Crippen LogP contribution in [-0.2, 0) is 4.79 Å².